The van der Waals surface area contributed by atoms with E-state index in [1.165, 1.54) is 44.6 Å². The first-order valence-corrected chi connectivity index (χ1v) is 9.63. The lowest BCUT2D eigenvalue weighted by Crippen LogP contribution is -2.02. The number of carbonyl (C=O) groups excluding carboxylic acids is 1. The van der Waals surface area contributed by atoms with Crippen molar-refractivity contribution in [3.05, 3.63) is 83.4 Å². The monoisotopic (exact) mass is 452 g/mol. The molecule has 0 atom stereocenters. The number of aliphatic carboxylic acids is 1. The number of phenols is 2. The van der Waals surface area contributed by atoms with Crippen molar-refractivity contribution in [2.45, 2.75) is 0 Å². The molecule has 172 valence electrons. The number of carbonyl (C=O) groups is 2. The molecule has 0 spiro atoms. The predicted molar refractivity (Wildman–Crippen MR) is 122 cm³/mol. The third-order valence-corrected chi connectivity index (χ3v) is 4.42. The van der Waals surface area contributed by atoms with Gasteiger partial charge in [-0.3, -0.25) is 4.79 Å². The number of hydrogen-bond acceptors (Lipinski definition) is 7. The molecule has 0 fully saturated rings. The SMILES string of the molecule is COc1ccc(C(=O)c2ccccc2O)c(O)c1.COc1ccc(C=CC(=O)O)cc1OC. The molecular weight excluding hydrogens is 428 g/mol. The van der Waals surface area contributed by atoms with E-state index >= 15 is 0 Å². The van der Waals surface area contributed by atoms with Gasteiger partial charge in [-0.25, -0.2) is 4.79 Å². The Hall–Kier alpha value is -4.46. The van der Waals surface area contributed by atoms with E-state index in [4.69, 9.17) is 19.3 Å². The van der Waals surface area contributed by atoms with Crippen LogP contribution in [0.4, 0.5) is 0 Å². The molecule has 0 aliphatic carbocycles. The summed E-state index contributed by atoms with van der Waals surface area (Å²) >= 11 is 0. The second kappa shape index (κ2) is 11.8. The van der Waals surface area contributed by atoms with Crippen molar-refractivity contribution in [2.24, 2.45) is 0 Å². The van der Waals surface area contributed by atoms with Crippen molar-refractivity contribution < 1.29 is 39.1 Å². The predicted octanol–water partition coefficient (Wildman–Crippen LogP) is 4.14. The number of phenolic OH excluding ortho intramolecular Hbond substituents is 2. The summed E-state index contributed by atoms with van der Waals surface area (Å²) in [4.78, 5) is 22.4. The van der Waals surface area contributed by atoms with Gasteiger partial charge < -0.3 is 29.5 Å². The Morgan fingerprint density at radius 3 is 2.00 bits per heavy atom. The van der Waals surface area contributed by atoms with Gasteiger partial charge in [0.15, 0.2) is 17.3 Å². The molecule has 3 N–H and O–H groups in total. The number of ether oxygens (including phenoxy) is 3. The van der Waals surface area contributed by atoms with Crippen LogP contribution in [0.1, 0.15) is 21.5 Å². The van der Waals surface area contributed by atoms with Crippen molar-refractivity contribution in [3.63, 3.8) is 0 Å². The molecule has 8 nitrogen and oxygen atoms in total. The number of carboxylic acids is 1. The first-order chi connectivity index (χ1) is 15.8. The smallest absolute Gasteiger partial charge is 0.328 e. The summed E-state index contributed by atoms with van der Waals surface area (Å²) < 4.78 is 15.1. The summed E-state index contributed by atoms with van der Waals surface area (Å²) in [6, 6.07) is 15.8. The molecule has 0 amide bonds. The van der Waals surface area contributed by atoms with Crippen molar-refractivity contribution in [1.82, 2.24) is 0 Å². The van der Waals surface area contributed by atoms with Gasteiger partial charge in [-0.2, -0.15) is 0 Å². The van der Waals surface area contributed by atoms with Crippen LogP contribution in [0, 0.1) is 0 Å². The number of hydrogen-bond donors (Lipinski definition) is 3. The molecule has 0 saturated carbocycles. The highest BCUT2D eigenvalue weighted by molar-refractivity contribution is 6.12. The average Bonchev–Trinajstić information content (AvgIpc) is 2.82. The topological polar surface area (TPSA) is 123 Å². The van der Waals surface area contributed by atoms with Gasteiger partial charge in [-0.15, -0.1) is 0 Å². The first-order valence-electron chi connectivity index (χ1n) is 9.63. The van der Waals surface area contributed by atoms with Gasteiger partial charge in [0, 0.05) is 12.1 Å². The number of ketones is 1. The van der Waals surface area contributed by atoms with E-state index in [0.717, 1.165) is 11.6 Å². The first kappa shape index (κ1) is 24.8. The van der Waals surface area contributed by atoms with Crippen LogP contribution in [0.2, 0.25) is 0 Å². The summed E-state index contributed by atoms with van der Waals surface area (Å²) in [6.07, 6.45) is 2.56. The van der Waals surface area contributed by atoms with Gasteiger partial charge in [0.05, 0.1) is 32.5 Å². The van der Waals surface area contributed by atoms with Gasteiger partial charge >= 0.3 is 5.97 Å². The minimum absolute atomic E-state index is 0.113. The Morgan fingerprint density at radius 1 is 0.758 bits per heavy atom. The lowest BCUT2D eigenvalue weighted by Gasteiger charge is -2.07. The van der Waals surface area contributed by atoms with E-state index in [1.807, 2.05) is 0 Å². The van der Waals surface area contributed by atoms with Crippen molar-refractivity contribution >= 4 is 17.8 Å². The second-order valence-corrected chi connectivity index (χ2v) is 6.52. The minimum atomic E-state index is -0.982. The second-order valence-electron chi connectivity index (χ2n) is 6.52. The molecule has 0 saturated heterocycles. The highest BCUT2D eigenvalue weighted by Gasteiger charge is 2.16. The Labute approximate surface area is 190 Å². The van der Waals surface area contributed by atoms with E-state index in [9.17, 15) is 19.8 Å². The van der Waals surface area contributed by atoms with E-state index in [-0.39, 0.29) is 22.6 Å². The van der Waals surface area contributed by atoms with Crippen LogP contribution < -0.4 is 14.2 Å². The largest absolute Gasteiger partial charge is 0.507 e. The van der Waals surface area contributed by atoms with Gasteiger partial charge in [0.2, 0.25) is 0 Å². The van der Waals surface area contributed by atoms with Crippen LogP contribution in [-0.4, -0.2) is 48.4 Å². The van der Waals surface area contributed by atoms with Gasteiger partial charge in [0.25, 0.3) is 0 Å². The molecule has 0 unspecified atom stereocenters. The molecule has 0 aromatic heterocycles. The van der Waals surface area contributed by atoms with E-state index in [1.54, 1.807) is 43.5 Å². The molecule has 3 aromatic rings. The Kier molecular flexibility index (Phi) is 8.87. The summed E-state index contributed by atoms with van der Waals surface area (Å²) in [5, 5.41) is 27.8. The fourth-order valence-corrected chi connectivity index (χ4v) is 2.77. The van der Waals surface area contributed by atoms with Gasteiger partial charge in [-0.05, 0) is 48.0 Å². The minimum Gasteiger partial charge on any atom is -0.507 e. The van der Waals surface area contributed by atoms with E-state index in [0.29, 0.717) is 17.2 Å². The van der Waals surface area contributed by atoms with Gasteiger partial charge in [-0.1, -0.05) is 18.2 Å². The molecule has 0 heterocycles. The molecule has 8 heteroatoms. The third kappa shape index (κ3) is 6.76. The van der Waals surface area contributed by atoms with Crippen molar-refractivity contribution in [2.75, 3.05) is 21.3 Å². The van der Waals surface area contributed by atoms with Crippen molar-refractivity contribution in [1.29, 1.82) is 0 Å². The summed E-state index contributed by atoms with van der Waals surface area (Å²) in [5.41, 5.74) is 1.02. The molecule has 0 aliphatic rings. The normalized spacial score (nSPS) is 10.2. The summed E-state index contributed by atoms with van der Waals surface area (Å²) in [7, 11) is 4.55. The maximum absolute atomic E-state index is 12.1. The Bertz CT molecular complexity index is 1150. The van der Waals surface area contributed by atoms with E-state index in [2.05, 4.69) is 0 Å². The lowest BCUT2D eigenvalue weighted by molar-refractivity contribution is -0.131. The number of benzene rings is 3. The Morgan fingerprint density at radius 2 is 1.42 bits per heavy atom. The van der Waals surface area contributed by atoms with Crippen LogP contribution in [0.3, 0.4) is 0 Å². The Balaban J connectivity index is 0.000000238. The molecule has 0 aliphatic heterocycles. The maximum Gasteiger partial charge on any atom is 0.328 e. The average molecular weight is 452 g/mol. The van der Waals surface area contributed by atoms with Crippen LogP contribution in [0.5, 0.6) is 28.7 Å². The molecule has 33 heavy (non-hydrogen) atoms. The summed E-state index contributed by atoms with van der Waals surface area (Å²) in [6.45, 7) is 0. The van der Waals surface area contributed by atoms with Crippen LogP contribution >= 0.6 is 0 Å². The number of aromatic hydroxyl groups is 2. The molecular formula is C25H24O8. The third-order valence-electron chi connectivity index (χ3n) is 4.42. The lowest BCUT2D eigenvalue weighted by atomic mass is 10.0. The zero-order valence-corrected chi connectivity index (χ0v) is 18.3. The zero-order valence-electron chi connectivity index (χ0n) is 18.3. The molecule has 3 aromatic carbocycles. The maximum atomic E-state index is 12.1. The zero-order chi connectivity index (χ0) is 24.4. The standard InChI is InChI=1S/C14H12O4.C11H12O4/c1-18-9-6-7-11(13(16)8-9)14(17)10-4-2-3-5-12(10)15;1-14-9-5-3-8(4-6-11(12)13)7-10(9)15-2/h2-8,15-16H,1H3;3-7H,1-2H3,(H,12,13). The number of para-hydroxylation sites is 1. The van der Waals surface area contributed by atoms with Crippen LogP contribution in [0.25, 0.3) is 6.08 Å². The van der Waals surface area contributed by atoms with Gasteiger partial charge in [0.1, 0.15) is 17.2 Å². The molecule has 3 rings (SSSR count). The quantitative estimate of drug-likeness (QED) is 0.361. The van der Waals surface area contributed by atoms with Crippen LogP contribution in [-0.2, 0) is 4.79 Å². The molecule has 0 radical (unpaired) electrons. The van der Waals surface area contributed by atoms with Crippen LogP contribution in [0.15, 0.2) is 66.7 Å². The number of rotatable bonds is 7. The highest BCUT2D eigenvalue weighted by atomic mass is 16.5. The fraction of sp³-hybridized carbons (Fsp3) is 0.120. The summed E-state index contributed by atoms with van der Waals surface area (Å²) in [5.74, 6) is -0.0605. The fourth-order valence-electron chi connectivity index (χ4n) is 2.77. The number of carboxylic acid groups (broad SMARTS) is 1. The van der Waals surface area contributed by atoms with Crippen molar-refractivity contribution in [3.8, 4) is 28.7 Å². The highest BCUT2D eigenvalue weighted by Crippen LogP contribution is 2.29. The molecule has 0 bridgehead atoms. The van der Waals surface area contributed by atoms with E-state index < -0.39 is 11.8 Å². The number of methoxy groups -OCH3 is 3.